The predicted octanol–water partition coefficient (Wildman–Crippen LogP) is 16.7. The van der Waals surface area contributed by atoms with E-state index in [1.165, 1.54) is 122 Å². The molecule has 0 amide bonds. The second-order valence-electron chi connectivity index (χ2n) is 16.6. The number of hydrogen-bond acceptors (Lipinski definition) is 2. The highest BCUT2D eigenvalue weighted by Gasteiger charge is 2.26. The second kappa shape index (κ2) is 14.9. The standard InChI is InChI=1S/C58H48N2/c1-37-23-25-39(3)51(31-37)59(53-33-45(29-27-41(53)5)43-15-9-7-10-16-43)55-35-47-19-13-20-48-36-56(50-22-14-21-49(55)58(50)57(47)48)60(52-32-38(2)24-26-40(52)4)54-34-46(30-28-42(54)6)44-17-11-8-12-18-44/h7-36H,1-6H3. The smallest absolute Gasteiger partial charge is 0.0546 e. The average Bonchev–Trinajstić information content (AvgIpc) is 3.27. The van der Waals surface area contributed by atoms with Crippen LogP contribution in [0.2, 0.25) is 0 Å². The molecule has 0 unspecified atom stereocenters. The molecule has 10 aromatic rings. The van der Waals surface area contributed by atoms with Gasteiger partial charge in [0.15, 0.2) is 0 Å². The Balaban J connectivity index is 1.30. The van der Waals surface area contributed by atoms with Gasteiger partial charge in [-0.15, -0.1) is 0 Å². The molecule has 0 spiro atoms. The van der Waals surface area contributed by atoms with Crippen molar-refractivity contribution in [1.82, 2.24) is 0 Å². The fourth-order valence-corrected chi connectivity index (χ4v) is 9.21. The summed E-state index contributed by atoms with van der Waals surface area (Å²) in [5.74, 6) is 0. The minimum atomic E-state index is 1.17. The Labute approximate surface area is 354 Å². The van der Waals surface area contributed by atoms with E-state index in [1.54, 1.807) is 0 Å². The first-order valence-corrected chi connectivity index (χ1v) is 21.0. The lowest BCUT2D eigenvalue weighted by Crippen LogP contribution is -2.15. The van der Waals surface area contributed by atoms with Crippen LogP contribution in [0, 0.1) is 41.5 Å². The molecule has 10 aromatic carbocycles. The topological polar surface area (TPSA) is 6.48 Å². The highest BCUT2D eigenvalue weighted by Crippen LogP contribution is 2.51. The summed E-state index contributed by atoms with van der Waals surface area (Å²) < 4.78 is 0. The van der Waals surface area contributed by atoms with Crippen molar-refractivity contribution in [3.05, 3.63) is 215 Å². The van der Waals surface area contributed by atoms with Crippen molar-refractivity contribution in [3.8, 4) is 22.3 Å². The minimum Gasteiger partial charge on any atom is -0.309 e. The minimum absolute atomic E-state index is 1.17. The van der Waals surface area contributed by atoms with Crippen LogP contribution in [-0.4, -0.2) is 0 Å². The molecule has 2 heteroatoms. The average molecular weight is 773 g/mol. The molecule has 10 rings (SSSR count). The third-order valence-electron chi connectivity index (χ3n) is 12.4. The Morgan fingerprint density at radius 1 is 0.267 bits per heavy atom. The molecule has 0 heterocycles. The van der Waals surface area contributed by atoms with Gasteiger partial charge < -0.3 is 9.80 Å². The highest BCUT2D eigenvalue weighted by atomic mass is 15.2. The summed E-state index contributed by atoms with van der Waals surface area (Å²) in [6.45, 7) is 13.4. The maximum Gasteiger partial charge on any atom is 0.0546 e. The molecule has 0 aromatic heterocycles. The van der Waals surface area contributed by atoms with Gasteiger partial charge in [0.05, 0.1) is 11.4 Å². The van der Waals surface area contributed by atoms with Gasteiger partial charge in [0, 0.05) is 38.9 Å². The quantitative estimate of drug-likeness (QED) is 0.142. The molecular formula is C58H48N2. The Morgan fingerprint density at radius 2 is 0.650 bits per heavy atom. The van der Waals surface area contributed by atoms with Crippen LogP contribution in [0.5, 0.6) is 0 Å². The van der Waals surface area contributed by atoms with Crippen LogP contribution in [-0.2, 0) is 0 Å². The lowest BCUT2D eigenvalue weighted by molar-refractivity contribution is 1.22. The van der Waals surface area contributed by atoms with Crippen LogP contribution in [0.4, 0.5) is 34.1 Å². The maximum absolute atomic E-state index is 2.53. The van der Waals surface area contributed by atoms with Gasteiger partial charge in [-0.05, 0) is 150 Å². The second-order valence-corrected chi connectivity index (χ2v) is 16.6. The van der Waals surface area contributed by atoms with E-state index in [2.05, 4.69) is 233 Å². The van der Waals surface area contributed by atoms with Crippen LogP contribution in [0.1, 0.15) is 33.4 Å². The third kappa shape index (κ3) is 6.37. The largest absolute Gasteiger partial charge is 0.309 e. The van der Waals surface area contributed by atoms with Gasteiger partial charge in [-0.2, -0.15) is 0 Å². The van der Waals surface area contributed by atoms with E-state index < -0.39 is 0 Å². The maximum atomic E-state index is 2.53. The van der Waals surface area contributed by atoms with E-state index in [-0.39, 0.29) is 0 Å². The molecule has 0 atom stereocenters. The molecule has 0 aliphatic carbocycles. The number of benzene rings is 10. The summed E-state index contributed by atoms with van der Waals surface area (Å²) >= 11 is 0. The van der Waals surface area contributed by atoms with Gasteiger partial charge in [0.2, 0.25) is 0 Å². The first kappa shape index (κ1) is 37.1. The fraction of sp³-hybridized carbons (Fsp3) is 0.103. The number of anilines is 6. The summed E-state index contributed by atoms with van der Waals surface area (Å²) in [5.41, 5.74) is 19.2. The Kier molecular flexibility index (Phi) is 9.22. The molecule has 0 aliphatic heterocycles. The Bertz CT molecular complexity index is 3010. The van der Waals surface area contributed by atoms with Crippen LogP contribution < -0.4 is 9.80 Å². The summed E-state index contributed by atoms with van der Waals surface area (Å²) in [7, 11) is 0. The van der Waals surface area contributed by atoms with Crippen molar-refractivity contribution < 1.29 is 0 Å². The van der Waals surface area contributed by atoms with Crippen molar-refractivity contribution in [1.29, 1.82) is 0 Å². The first-order chi connectivity index (χ1) is 29.2. The first-order valence-electron chi connectivity index (χ1n) is 21.0. The van der Waals surface area contributed by atoms with Crippen molar-refractivity contribution in [2.75, 3.05) is 9.80 Å². The van der Waals surface area contributed by atoms with Crippen molar-refractivity contribution >= 4 is 66.4 Å². The molecule has 2 nitrogen and oxygen atoms in total. The summed E-state index contributed by atoms with van der Waals surface area (Å²) in [5, 5.41) is 7.47. The van der Waals surface area contributed by atoms with E-state index in [1.807, 2.05) is 0 Å². The lowest BCUT2D eigenvalue weighted by atomic mass is 9.90. The number of aryl methyl sites for hydroxylation is 6. The lowest BCUT2D eigenvalue weighted by Gasteiger charge is -2.33. The van der Waals surface area contributed by atoms with Gasteiger partial charge in [-0.3, -0.25) is 0 Å². The zero-order valence-corrected chi connectivity index (χ0v) is 35.2. The van der Waals surface area contributed by atoms with Crippen LogP contribution in [0.3, 0.4) is 0 Å². The van der Waals surface area contributed by atoms with Crippen LogP contribution in [0.25, 0.3) is 54.6 Å². The van der Waals surface area contributed by atoms with Gasteiger partial charge in [-0.1, -0.05) is 146 Å². The highest BCUT2D eigenvalue weighted by molar-refractivity contribution is 6.30. The van der Waals surface area contributed by atoms with Gasteiger partial charge in [0.25, 0.3) is 0 Å². The molecular weight excluding hydrogens is 725 g/mol. The van der Waals surface area contributed by atoms with Gasteiger partial charge >= 0.3 is 0 Å². The Morgan fingerprint density at radius 3 is 1.08 bits per heavy atom. The number of nitrogens with zero attached hydrogens (tertiary/aromatic N) is 2. The normalized spacial score (nSPS) is 11.5. The molecule has 290 valence electrons. The van der Waals surface area contributed by atoms with Gasteiger partial charge in [0.1, 0.15) is 0 Å². The van der Waals surface area contributed by atoms with E-state index in [0.29, 0.717) is 0 Å². The SMILES string of the molecule is Cc1ccc(C)c(N(c2cc(-c3ccccc3)ccc2C)c2cc3cccc4cc(N(c5cc(C)ccc5C)c5cc(-c6ccccc6)ccc5C)c5cccc2c5c34)c1. The van der Waals surface area contributed by atoms with E-state index >= 15 is 0 Å². The zero-order valence-electron chi connectivity index (χ0n) is 35.2. The molecule has 0 radical (unpaired) electrons. The zero-order chi connectivity index (χ0) is 41.1. The molecule has 0 fully saturated rings. The monoisotopic (exact) mass is 772 g/mol. The van der Waals surface area contributed by atoms with Crippen molar-refractivity contribution in [2.24, 2.45) is 0 Å². The molecule has 0 saturated carbocycles. The number of hydrogen-bond donors (Lipinski definition) is 0. The molecule has 0 saturated heterocycles. The Hall–Kier alpha value is -7.16. The predicted molar refractivity (Wildman–Crippen MR) is 259 cm³/mol. The van der Waals surface area contributed by atoms with Crippen LogP contribution in [0.15, 0.2) is 182 Å². The van der Waals surface area contributed by atoms with Crippen LogP contribution >= 0.6 is 0 Å². The molecule has 0 aliphatic rings. The molecule has 60 heavy (non-hydrogen) atoms. The number of rotatable bonds is 8. The van der Waals surface area contributed by atoms with Crippen molar-refractivity contribution in [2.45, 2.75) is 41.5 Å². The summed E-state index contributed by atoms with van der Waals surface area (Å²) in [6.07, 6.45) is 0. The van der Waals surface area contributed by atoms with E-state index in [9.17, 15) is 0 Å². The van der Waals surface area contributed by atoms with Gasteiger partial charge in [-0.25, -0.2) is 0 Å². The van der Waals surface area contributed by atoms with Crippen molar-refractivity contribution in [3.63, 3.8) is 0 Å². The van der Waals surface area contributed by atoms with E-state index in [4.69, 9.17) is 0 Å². The molecule has 0 bridgehead atoms. The summed E-state index contributed by atoms with van der Waals surface area (Å²) in [6, 6.07) is 67.6. The molecule has 0 N–H and O–H groups in total. The summed E-state index contributed by atoms with van der Waals surface area (Å²) in [4.78, 5) is 5.06. The fourth-order valence-electron chi connectivity index (χ4n) is 9.21. The third-order valence-corrected chi connectivity index (χ3v) is 12.4. The van der Waals surface area contributed by atoms with E-state index in [0.717, 1.165) is 0 Å².